The Morgan fingerprint density at radius 3 is 2.17 bits per heavy atom. The first-order valence-electron chi connectivity index (χ1n) is 20.3. The van der Waals surface area contributed by atoms with Crippen LogP contribution < -0.4 is 15.5 Å². The Morgan fingerprint density at radius 2 is 1.50 bits per heavy atom. The summed E-state index contributed by atoms with van der Waals surface area (Å²) in [6.45, 7) is 6.27. The van der Waals surface area contributed by atoms with E-state index in [1.807, 2.05) is 115 Å². The number of methoxy groups -OCH3 is 1. The number of nitro groups is 1. The monoisotopic (exact) mass is 813 g/mol. The lowest BCUT2D eigenvalue weighted by Crippen LogP contribution is -2.51. The molecule has 2 fully saturated rings. The number of non-ortho nitro benzene ring substituents is 1. The number of nitro benzene ring substituents is 1. The molecule has 60 heavy (non-hydrogen) atoms. The van der Waals surface area contributed by atoms with Gasteiger partial charge in [-0.2, -0.15) is 0 Å². The molecule has 5 aromatic rings. The van der Waals surface area contributed by atoms with E-state index < -0.39 is 24.3 Å². The fraction of sp³-hybridized carbons (Fsp3) is 0.319. The molecule has 5 atom stereocenters. The van der Waals surface area contributed by atoms with E-state index in [-0.39, 0.29) is 41.9 Å². The summed E-state index contributed by atoms with van der Waals surface area (Å²) >= 11 is 0. The highest BCUT2D eigenvalue weighted by Gasteiger charge is 2.39. The summed E-state index contributed by atoms with van der Waals surface area (Å²) in [5, 5.41) is 26.5. The largest absolute Gasteiger partial charge is 0.467 e. The van der Waals surface area contributed by atoms with Crippen LogP contribution in [0.2, 0.25) is 0 Å². The molecule has 0 radical (unpaired) electrons. The van der Waals surface area contributed by atoms with Crippen LogP contribution in [0.5, 0.6) is 0 Å². The molecule has 7 rings (SSSR count). The minimum Gasteiger partial charge on any atom is -0.467 e. The van der Waals surface area contributed by atoms with Crippen molar-refractivity contribution in [1.29, 1.82) is 0 Å². The number of carbonyl (C=O) groups excluding carboxylic acids is 2. The number of aliphatic hydroxyl groups is 1. The Morgan fingerprint density at radius 1 is 0.833 bits per heavy atom. The van der Waals surface area contributed by atoms with Crippen LogP contribution in [-0.2, 0) is 38.6 Å². The van der Waals surface area contributed by atoms with Crippen molar-refractivity contribution in [2.24, 2.45) is 5.92 Å². The van der Waals surface area contributed by atoms with Gasteiger partial charge in [0.15, 0.2) is 6.29 Å². The molecule has 5 unspecified atom stereocenters. The van der Waals surface area contributed by atoms with E-state index in [1.54, 1.807) is 12.1 Å². The normalized spacial score (nSPS) is 19.9. The van der Waals surface area contributed by atoms with E-state index in [0.29, 0.717) is 13.0 Å². The zero-order valence-electron chi connectivity index (χ0n) is 33.8. The summed E-state index contributed by atoms with van der Waals surface area (Å²) in [5.74, 6) is -0.502. The molecule has 0 aliphatic carbocycles. The first kappa shape index (κ1) is 42.0. The number of anilines is 1. The number of amides is 2. The van der Waals surface area contributed by atoms with Gasteiger partial charge in [0.2, 0.25) is 0 Å². The maximum Gasteiger partial charge on any atom is 0.328 e. The van der Waals surface area contributed by atoms with Gasteiger partial charge in [-0.1, -0.05) is 110 Å². The number of rotatable bonds is 14. The van der Waals surface area contributed by atoms with Crippen molar-refractivity contribution >= 4 is 23.4 Å². The Labute approximate surface area is 350 Å². The average molecular weight is 814 g/mol. The fourth-order valence-electron chi connectivity index (χ4n) is 7.90. The summed E-state index contributed by atoms with van der Waals surface area (Å²) in [6.07, 6.45) is -0.741. The lowest BCUT2D eigenvalue weighted by molar-refractivity contribution is -0.384. The molecule has 13 heteroatoms. The van der Waals surface area contributed by atoms with E-state index in [0.717, 1.165) is 70.8 Å². The van der Waals surface area contributed by atoms with Gasteiger partial charge in [0.25, 0.3) is 5.69 Å². The van der Waals surface area contributed by atoms with Crippen LogP contribution in [0.15, 0.2) is 127 Å². The molecule has 0 bridgehead atoms. The van der Waals surface area contributed by atoms with Crippen LogP contribution in [0.4, 0.5) is 16.2 Å². The molecule has 312 valence electrons. The van der Waals surface area contributed by atoms with Gasteiger partial charge in [-0.15, -0.1) is 0 Å². The zero-order valence-corrected chi connectivity index (χ0v) is 33.8. The number of nitrogens with one attached hydrogen (secondary N) is 2. The first-order chi connectivity index (χ1) is 29.2. The highest BCUT2D eigenvalue weighted by atomic mass is 16.7. The van der Waals surface area contributed by atoms with Gasteiger partial charge in [-0.3, -0.25) is 15.0 Å². The smallest absolute Gasteiger partial charge is 0.328 e. The van der Waals surface area contributed by atoms with Crippen molar-refractivity contribution in [3.05, 3.63) is 165 Å². The second-order valence-corrected chi connectivity index (χ2v) is 15.3. The third-order valence-corrected chi connectivity index (χ3v) is 11.4. The molecule has 13 nitrogen and oxygen atoms in total. The molecule has 2 saturated heterocycles. The number of nitrogens with zero attached hydrogens (tertiary/aromatic N) is 3. The number of aliphatic hydroxyl groups excluding tert-OH is 1. The lowest BCUT2D eigenvalue weighted by Gasteiger charge is -2.44. The molecule has 5 aromatic carbocycles. The number of esters is 1. The third-order valence-electron chi connectivity index (χ3n) is 11.4. The second-order valence-electron chi connectivity index (χ2n) is 15.3. The Kier molecular flexibility index (Phi) is 13.8. The van der Waals surface area contributed by atoms with Crippen LogP contribution in [0.1, 0.15) is 47.1 Å². The van der Waals surface area contributed by atoms with Gasteiger partial charge in [0.1, 0.15) is 6.04 Å². The van der Waals surface area contributed by atoms with Gasteiger partial charge >= 0.3 is 12.0 Å². The number of hydrogen-bond donors (Lipinski definition) is 3. The number of piperazine rings is 1. The molecule has 0 spiro atoms. The van der Waals surface area contributed by atoms with Crippen molar-refractivity contribution in [3.8, 4) is 11.1 Å². The molecule has 2 aliphatic rings. The van der Waals surface area contributed by atoms with Gasteiger partial charge in [-0.25, -0.2) is 9.59 Å². The van der Waals surface area contributed by atoms with E-state index in [9.17, 15) is 24.8 Å². The SMILES string of the molecule is COC(=O)C(Cc1ccccc1)NC(=O)NCc1ccccc1-c1ccc(C2OC(CN3CCN(c4ccc([N+](=O)[O-])cc4)CC3)C(C)C(c3ccc(CO)cc3)O2)cc1. The number of hydrogen-bond acceptors (Lipinski definition) is 10. The third kappa shape index (κ3) is 10.4. The summed E-state index contributed by atoms with van der Waals surface area (Å²) < 4.78 is 18.5. The molecule has 0 saturated carbocycles. The second kappa shape index (κ2) is 19.8. The standard InChI is InChI=1S/C47H51N5O8/c1-32-43(30-50-24-26-51(27-25-50)39-20-22-40(23-21-39)52(56)57)59-46(60-44(32)36-14-12-34(31-53)13-15-36)37-18-16-35(17-19-37)41-11-7-6-10-38(41)29-48-47(55)49-42(45(54)58-2)28-33-8-4-3-5-9-33/h3-23,32,42-44,46,53H,24-31H2,1-2H3,(H2,48,49,55). The number of benzene rings is 5. The summed E-state index contributed by atoms with van der Waals surface area (Å²) in [7, 11) is 1.31. The van der Waals surface area contributed by atoms with Crippen LogP contribution in [0, 0.1) is 16.0 Å². The molecular formula is C47H51N5O8. The number of ether oxygens (including phenoxy) is 3. The fourth-order valence-corrected chi connectivity index (χ4v) is 7.90. The summed E-state index contributed by atoms with van der Waals surface area (Å²) in [5.41, 5.74) is 7.48. The van der Waals surface area contributed by atoms with Gasteiger partial charge in [0, 0.05) is 75.0 Å². The predicted octanol–water partition coefficient (Wildman–Crippen LogP) is 6.95. The minimum atomic E-state index is -0.841. The van der Waals surface area contributed by atoms with Crippen molar-refractivity contribution in [2.45, 2.75) is 51.0 Å². The Balaban J connectivity index is 1.03. The molecule has 0 aromatic heterocycles. The summed E-state index contributed by atoms with van der Waals surface area (Å²) in [6, 6.07) is 38.7. The summed E-state index contributed by atoms with van der Waals surface area (Å²) in [4.78, 5) is 41.0. The minimum absolute atomic E-state index is 0.0195. The van der Waals surface area contributed by atoms with Crippen LogP contribution in [0.25, 0.3) is 11.1 Å². The molecule has 3 N–H and O–H groups in total. The molecular weight excluding hydrogens is 763 g/mol. The quantitative estimate of drug-likeness (QED) is 0.0610. The molecule has 2 heterocycles. The predicted molar refractivity (Wildman–Crippen MR) is 228 cm³/mol. The van der Waals surface area contributed by atoms with Crippen LogP contribution >= 0.6 is 0 Å². The van der Waals surface area contributed by atoms with Crippen LogP contribution in [-0.4, -0.2) is 78.9 Å². The zero-order chi connectivity index (χ0) is 42.0. The maximum absolute atomic E-state index is 13.1. The number of urea groups is 1. The van der Waals surface area contributed by atoms with Crippen molar-refractivity contribution in [2.75, 3.05) is 44.7 Å². The van der Waals surface area contributed by atoms with Gasteiger partial charge in [-0.05, 0) is 45.5 Å². The maximum atomic E-state index is 13.1. The first-order valence-corrected chi connectivity index (χ1v) is 20.3. The van der Waals surface area contributed by atoms with E-state index in [4.69, 9.17) is 14.2 Å². The van der Waals surface area contributed by atoms with Gasteiger partial charge < -0.3 is 34.9 Å². The van der Waals surface area contributed by atoms with E-state index in [1.165, 1.54) is 7.11 Å². The van der Waals surface area contributed by atoms with Crippen LogP contribution in [0.3, 0.4) is 0 Å². The lowest BCUT2D eigenvalue weighted by atomic mass is 9.89. The van der Waals surface area contributed by atoms with Crippen molar-refractivity contribution < 1.29 is 33.8 Å². The topological polar surface area (TPSA) is 156 Å². The molecule has 2 aliphatic heterocycles. The number of carbonyl (C=O) groups is 2. The van der Waals surface area contributed by atoms with Crippen molar-refractivity contribution in [1.82, 2.24) is 15.5 Å². The van der Waals surface area contributed by atoms with E-state index in [2.05, 4.69) is 27.4 Å². The Bertz CT molecular complexity index is 2200. The van der Waals surface area contributed by atoms with E-state index >= 15 is 0 Å². The van der Waals surface area contributed by atoms with Crippen molar-refractivity contribution in [3.63, 3.8) is 0 Å². The molecule has 2 amide bonds. The van der Waals surface area contributed by atoms with Gasteiger partial charge in [0.05, 0.1) is 30.8 Å². The highest BCUT2D eigenvalue weighted by molar-refractivity contribution is 5.84. The highest BCUT2D eigenvalue weighted by Crippen LogP contribution is 2.42. The average Bonchev–Trinajstić information content (AvgIpc) is 3.29. The Hall–Kier alpha value is -6.12.